The van der Waals surface area contributed by atoms with Crippen LogP contribution in [0.3, 0.4) is 0 Å². The second-order valence-corrected chi connectivity index (χ2v) is 6.47. The van der Waals surface area contributed by atoms with Gasteiger partial charge in [0.25, 0.3) is 5.91 Å². The Morgan fingerprint density at radius 2 is 2.15 bits per heavy atom. The van der Waals surface area contributed by atoms with Crippen LogP contribution in [0.2, 0.25) is 0 Å². The van der Waals surface area contributed by atoms with Gasteiger partial charge in [0.05, 0.1) is 18.4 Å². The summed E-state index contributed by atoms with van der Waals surface area (Å²) in [6.45, 7) is 5.22. The summed E-state index contributed by atoms with van der Waals surface area (Å²) in [6.07, 6.45) is 5.12. The quantitative estimate of drug-likeness (QED) is 0.671. The number of nitrogens with one attached hydrogen (secondary N) is 3. The molecule has 1 aromatic carbocycles. The summed E-state index contributed by atoms with van der Waals surface area (Å²) in [7, 11) is 0. The molecule has 3 aromatic rings. The number of carbonyl (C=O) groups excluding carboxylic acids is 1. The minimum Gasteiger partial charge on any atom is -0.343 e. The molecule has 2 atom stereocenters. The third kappa shape index (κ3) is 2.85. The Bertz CT molecular complexity index is 936. The van der Waals surface area contributed by atoms with E-state index in [1.54, 1.807) is 6.20 Å². The first-order valence-electron chi connectivity index (χ1n) is 8.84. The molecule has 1 fully saturated rings. The van der Waals surface area contributed by atoms with Gasteiger partial charge in [-0.2, -0.15) is 0 Å². The number of benzene rings is 1. The van der Waals surface area contributed by atoms with Gasteiger partial charge < -0.3 is 9.88 Å². The lowest BCUT2D eigenvalue weighted by Crippen LogP contribution is -2.44. The van der Waals surface area contributed by atoms with Crippen molar-refractivity contribution in [1.29, 1.82) is 0 Å². The SMILES string of the molecule is CCn1c(C2CC(NC(=O)c3cnccn3)NN2)c(C)c2ccccc21. The van der Waals surface area contributed by atoms with Crippen molar-refractivity contribution < 1.29 is 4.79 Å². The minimum atomic E-state index is -0.231. The lowest BCUT2D eigenvalue weighted by molar-refractivity contribution is 0.0927. The Morgan fingerprint density at radius 1 is 1.31 bits per heavy atom. The molecule has 134 valence electrons. The molecule has 0 bridgehead atoms. The van der Waals surface area contributed by atoms with E-state index in [0.717, 1.165) is 13.0 Å². The van der Waals surface area contributed by atoms with Crippen molar-refractivity contribution in [3.05, 3.63) is 59.8 Å². The Kier molecular flexibility index (Phi) is 4.40. The van der Waals surface area contributed by atoms with Crippen LogP contribution >= 0.6 is 0 Å². The lowest BCUT2D eigenvalue weighted by atomic mass is 10.1. The van der Waals surface area contributed by atoms with E-state index in [4.69, 9.17) is 0 Å². The smallest absolute Gasteiger partial charge is 0.272 e. The molecule has 1 aliphatic rings. The summed E-state index contributed by atoms with van der Waals surface area (Å²) in [4.78, 5) is 20.3. The van der Waals surface area contributed by atoms with E-state index in [2.05, 4.69) is 68.8 Å². The second-order valence-electron chi connectivity index (χ2n) is 6.47. The predicted octanol–water partition coefficient (Wildman–Crippen LogP) is 2.05. The molecule has 3 N–H and O–H groups in total. The summed E-state index contributed by atoms with van der Waals surface area (Å²) in [5.74, 6) is -0.231. The number of aryl methyl sites for hydroxylation is 2. The normalized spacial score (nSPS) is 19.8. The molecule has 1 amide bonds. The number of aromatic nitrogens is 3. The van der Waals surface area contributed by atoms with Gasteiger partial charge in [-0.25, -0.2) is 15.8 Å². The van der Waals surface area contributed by atoms with Crippen molar-refractivity contribution >= 4 is 16.8 Å². The van der Waals surface area contributed by atoms with Crippen LogP contribution in [-0.4, -0.2) is 26.6 Å². The van der Waals surface area contributed by atoms with Gasteiger partial charge in [0.15, 0.2) is 0 Å². The van der Waals surface area contributed by atoms with Crippen LogP contribution in [0.25, 0.3) is 10.9 Å². The van der Waals surface area contributed by atoms with Crippen LogP contribution < -0.4 is 16.2 Å². The Balaban J connectivity index is 1.55. The molecule has 1 aliphatic heterocycles. The Labute approximate surface area is 151 Å². The first-order chi connectivity index (χ1) is 12.7. The molecule has 0 radical (unpaired) electrons. The molecule has 26 heavy (non-hydrogen) atoms. The van der Waals surface area contributed by atoms with Gasteiger partial charge in [-0.15, -0.1) is 0 Å². The monoisotopic (exact) mass is 350 g/mol. The summed E-state index contributed by atoms with van der Waals surface area (Å²) in [6, 6.07) is 8.58. The lowest BCUT2D eigenvalue weighted by Gasteiger charge is -2.15. The van der Waals surface area contributed by atoms with Crippen LogP contribution in [-0.2, 0) is 6.54 Å². The Morgan fingerprint density at radius 3 is 2.92 bits per heavy atom. The highest BCUT2D eigenvalue weighted by molar-refractivity contribution is 5.92. The molecule has 2 aromatic heterocycles. The summed E-state index contributed by atoms with van der Waals surface area (Å²) in [5.41, 5.74) is 10.6. The van der Waals surface area contributed by atoms with Crippen LogP contribution in [0, 0.1) is 6.92 Å². The fourth-order valence-electron chi connectivity index (χ4n) is 3.76. The molecule has 0 spiro atoms. The average Bonchev–Trinajstić information content (AvgIpc) is 3.24. The molecule has 3 heterocycles. The molecule has 0 saturated carbocycles. The zero-order valence-corrected chi connectivity index (χ0v) is 14.9. The summed E-state index contributed by atoms with van der Waals surface area (Å²) < 4.78 is 2.34. The van der Waals surface area contributed by atoms with Gasteiger partial charge in [0.2, 0.25) is 0 Å². The summed E-state index contributed by atoms with van der Waals surface area (Å²) >= 11 is 0. The molecule has 1 saturated heterocycles. The number of rotatable bonds is 4. The van der Waals surface area contributed by atoms with Crippen LogP contribution in [0.5, 0.6) is 0 Å². The van der Waals surface area contributed by atoms with E-state index in [-0.39, 0.29) is 18.1 Å². The highest BCUT2D eigenvalue weighted by atomic mass is 16.2. The van der Waals surface area contributed by atoms with Crippen molar-refractivity contribution in [3.8, 4) is 0 Å². The van der Waals surface area contributed by atoms with E-state index in [1.807, 2.05) is 0 Å². The zero-order chi connectivity index (χ0) is 18.1. The topological polar surface area (TPSA) is 83.9 Å². The second kappa shape index (κ2) is 6.86. The highest BCUT2D eigenvalue weighted by Crippen LogP contribution is 2.32. The third-order valence-corrected chi connectivity index (χ3v) is 4.92. The minimum absolute atomic E-state index is 0.120. The Hall–Kier alpha value is -2.77. The molecule has 7 nitrogen and oxygen atoms in total. The maximum atomic E-state index is 12.3. The first-order valence-corrected chi connectivity index (χ1v) is 8.84. The molecular formula is C19H22N6O. The molecular weight excluding hydrogens is 328 g/mol. The van der Waals surface area contributed by atoms with Gasteiger partial charge in [-0.05, 0) is 25.5 Å². The van der Waals surface area contributed by atoms with Crippen LogP contribution in [0.1, 0.15) is 41.1 Å². The van der Waals surface area contributed by atoms with Crippen LogP contribution in [0.4, 0.5) is 0 Å². The van der Waals surface area contributed by atoms with Crippen molar-refractivity contribution in [2.24, 2.45) is 0 Å². The van der Waals surface area contributed by atoms with E-state index in [1.165, 1.54) is 34.6 Å². The number of hydrazine groups is 1. The number of nitrogens with zero attached hydrogens (tertiary/aromatic N) is 3. The molecule has 4 rings (SSSR count). The number of hydrogen-bond donors (Lipinski definition) is 3. The zero-order valence-electron chi connectivity index (χ0n) is 14.9. The summed E-state index contributed by atoms with van der Waals surface area (Å²) in [5, 5.41) is 4.24. The maximum absolute atomic E-state index is 12.3. The average molecular weight is 350 g/mol. The fraction of sp³-hybridized carbons (Fsp3) is 0.316. The van der Waals surface area contributed by atoms with E-state index in [9.17, 15) is 4.79 Å². The molecule has 2 unspecified atom stereocenters. The number of amides is 1. The van der Waals surface area contributed by atoms with E-state index >= 15 is 0 Å². The van der Waals surface area contributed by atoms with Crippen molar-refractivity contribution in [2.45, 2.75) is 39.0 Å². The largest absolute Gasteiger partial charge is 0.343 e. The van der Waals surface area contributed by atoms with Gasteiger partial charge in [0, 0.05) is 42.0 Å². The predicted molar refractivity (Wildman–Crippen MR) is 99.3 cm³/mol. The third-order valence-electron chi connectivity index (χ3n) is 4.92. The molecule has 7 heteroatoms. The van der Waals surface area contributed by atoms with Crippen molar-refractivity contribution in [3.63, 3.8) is 0 Å². The van der Waals surface area contributed by atoms with E-state index in [0.29, 0.717) is 5.69 Å². The number of para-hydroxylation sites is 1. The van der Waals surface area contributed by atoms with Crippen molar-refractivity contribution in [1.82, 2.24) is 30.7 Å². The highest BCUT2D eigenvalue weighted by Gasteiger charge is 2.30. The maximum Gasteiger partial charge on any atom is 0.272 e. The van der Waals surface area contributed by atoms with Gasteiger partial charge in [0.1, 0.15) is 5.69 Å². The number of fused-ring (bicyclic) bond motifs is 1. The fourth-order valence-corrected chi connectivity index (χ4v) is 3.76. The van der Waals surface area contributed by atoms with Gasteiger partial charge >= 0.3 is 0 Å². The van der Waals surface area contributed by atoms with Crippen molar-refractivity contribution in [2.75, 3.05) is 0 Å². The van der Waals surface area contributed by atoms with Gasteiger partial charge in [-0.3, -0.25) is 9.78 Å². The van der Waals surface area contributed by atoms with Gasteiger partial charge in [-0.1, -0.05) is 18.2 Å². The van der Waals surface area contributed by atoms with Crippen LogP contribution in [0.15, 0.2) is 42.9 Å². The number of carbonyl (C=O) groups is 1. The van der Waals surface area contributed by atoms with E-state index < -0.39 is 0 Å². The number of hydrogen-bond acceptors (Lipinski definition) is 5. The molecule has 0 aliphatic carbocycles. The first kappa shape index (κ1) is 16.7. The standard InChI is InChI=1S/C19H22N6O/c1-3-25-16-7-5-4-6-13(16)12(2)18(25)14-10-17(24-23-14)22-19(26)15-11-20-8-9-21-15/h4-9,11,14,17,23-24H,3,10H2,1-2H3,(H,22,26).